The van der Waals surface area contributed by atoms with Crippen molar-refractivity contribution < 1.29 is 4.79 Å². The summed E-state index contributed by atoms with van der Waals surface area (Å²) in [5.41, 5.74) is 3.68. The maximum Gasteiger partial charge on any atom is 0.260 e. The molecule has 0 spiro atoms. The second-order valence-corrected chi connectivity index (χ2v) is 9.44. The summed E-state index contributed by atoms with van der Waals surface area (Å²) in [6.45, 7) is 3.69. The van der Waals surface area contributed by atoms with E-state index in [1.807, 2.05) is 49.0 Å². The van der Waals surface area contributed by atoms with Crippen LogP contribution in [0.4, 0.5) is 0 Å². The van der Waals surface area contributed by atoms with Gasteiger partial charge in [-0.3, -0.25) is 14.3 Å². The van der Waals surface area contributed by atoms with Gasteiger partial charge in [0.2, 0.25) is 0 Å². The van der Waals surface area contributed by atoms with Gasteiger partial charge in [0, 0.05) is 42.9 Å². The summed E-state index contributed by atoms with van der Waals surface area (Å²) in [5.74, 6) is 6.00. The first-order valence-electron chi connectivity index (χ1n) is 12.2. The Kier molecular flexibility index (Phi) is 5.37. The quantitative estimate of drug-likeness (QED) is 0.389. The predicted molar refractivity (Wildman–Crippen MR) is 139 cm³/mol. The summed E-state index contributed by atoms with van der Waals surface area (Å²) in [6, 6.07) is 9.16. The lowest BCUT2D eigenvalue weighted by Crippen LogP contribution is -2.32. The van der Waals surface area contributed by atoms with Crippen LogP contribution < -0.4 is 10.9 Å². The van der Waals surface area contributed by atoms with E-state index in [9.17, 15) is 9.59 Å². The van der Waals surface area contributed by atoms with Gasteiger partial charge in [0.05, 0.1) is 28.9 Å². The molecular weight excluding hydrogens is 466 g/mol. The fraction of sp³-hybridized carbons (Fsp3) is 0.250. The van der Waals surface area contributed by atoms with Crippen LogP contribution in [-0.4, -0.2) is 34.9 Å². The van der Waals surface area contributed by atoms with Gasteiger partial charge in [0.1, 0.15) is 5.56 Å². The van der Waals surface area contributed by atoms with Crippen LogP contribution in [0, 0.1) is 18.8 Å². The SMILES string of the molecule is Cc1nn2cccnc2c1C(=O)NC(C)c1cc2cccc(C#Cc3cnn(C)c3)c2c(=O)n1C1CC1. The maximum atomic E-state index is 13.9. The molecule has 1 N–H and O–H groups in total. The summed E-state index contributed by atoms with van der Waals surface area (Å²) in [5, 5.41) is 13.0. The molecule has 1 fully saturated rings. The van der Waals surface area contributed by atoms with Gasteiger partial charge in [-0.05, 0) is 50.3 Å². The lowest BCUT2D eigenvalue weighted by molar-refractivity contribution is 0.0939. The largest absolute Gasteiger partial charge is 0.344 e. The van der Waals surface area contributed by atoms with E-state index in [1.165, 1.54) is 0 Å². The van der Waals surface area contributed by atoms with Gasteiger partial charge in [-0.15, -0.1) is 0 Å². The van der Waals surface area contributed by atoms with E-state index in [1.54, 1.807) is 40.8 Å². The highest BCUT2D eigenvalue weighted by Crippen LogP contribution is 2.37. The van der Waals surface area contributed by atoms with E-state index >= 15 is 0 Å². The smallest absolute Gasteiger partial charge is 0.260 e. The highest BCUT2D eigenvalue weighted by atomic mass is 16.2. The molecule has 1 amide bonds. The molecule has 0 bridgehead atoms. The number of rotatable bonds is 4. The number of carbonyl (C=O) groups excluding carboxylic acids is 1. The normalized spacial score (nSPS) is 13.9. The molecular formula is C28H25N7O2. The van der Waals surface area contributed by atoms with Gasteiger partial charge < -0.3 is 9.88 Å². The number of fused-ring (bicyclic) bond motifs is 2. The van der Waals surface area contributed by atoms with Gasteiger partial charge in [-0.25, -0.2) is 9.50 Å². The molecule has 0 radical (unpaired) electrons. The summed E-state index contributed by atoms with van der Waals surface area (Å²) in [7, 11) is 1.84. The summed E-state index contributed by atoms with van der Waals surface area (Å²) in [4.78, 5) is 31.5. The Balaban J connectivity index is 1.41. The van der Waals surface area contributed by atoms with Crippen LogP contribution in [0.1, 0.15) is 64.7 Å². The van der Waals surface area contributed by atoms with Crippen LogP contribution in [-0.2, 0) is 7.05 Å². The fourth-order valence-electron chi connectivity index (χ4n) is 4.77. The van der Waals surface area contributed by atoms with Crippen LogP contribution in [0.25, 0.3) is 16.4 Å². The molecule has 1 saturated carbocycles. The molecule has 1 atom stereocenters. The monoisotopic (exact) mass is 491 g/mol. The van der Waals surface area contributed by atoms with E-state index in [-0.39, 0.29) is 17.5 Å². The number of hydrogen-bond acceptors (Lipinski definition) is 5. The van der Waals surface area contributed by atoms with Gasteiger partial charge >= 0.3 is 0 Å². The molecule has 1 aliphatic carbocycles. The average molecular weight is 492 g/mol. The molecule has 4 heterocycles. The van der Waals surface area contributed by atoms with E-state index in [2.05, 4.69) is 32.3 Å². The van der Waals surface area contributed by atoms with Crippen molar-refractivity contribution in [2.75, 3.05) is 0 Å². The third-order valence-electron chi connectivity index (χ3n) is 6.66. The molecule has 1 unspecified atom stereocenters. The fourth-order valence-corrected chi connectivity index (χ4v) is 4.77. The first-order valence-corrected chi connectivity index (χ1v) is 12.2. The highest BCUT2D eigenvalue weighted by molar-refractivity contribution is 6.01. The van der Waals surface area contributed by atoms with Crippen molar-refractivity contribution in [1.29, 1.82) is 0 Å². The number of hydrogen-bond donors (Lipinski definition) is 1. The minimum absolute atomic E-state index is 0.0824. The Morgan fingerprint density at radius 1 is 1.22 bits per heavy atom. The predicted octanol–water partition coefficient (Wildman–Crippen LogP) is 3.31. The standard InChI is InChI=1S/C28H25N7O2/c1-17(31-27(36)24-18(2)32-34-13-5-12-29-26(24)34)23-14-21-7-4-6-20(9-8-19-15-30-33(3)16-19)25(21)28(37)35(23)22-10-11-22/h4-7,12-17,22H,10-11H2,1-3H3,(H,31,36). The van der Waals surface area contributed by atoms with E-state index in [0.717, 1.165) is 29.5 Å². The molecule has 1 aromatic carbocycles. The number of benzene rings is 1. The molecule has 5 aromatic rings. The lowest BCUT2D eigenvalue weighted by atomic mass is 10.0. The van der Waals surface area contributed by atoms with Gasteiger partial charge in [-0.1, -0.05) is 24.0 Å². The lowest BCUT2D eigenvalue weighted by Gasteiger charge is -2.21. The van der Waals surface area contributed by atoms with Crippen molar-refractivity contribution >= 4 is 22.3 Å². The molecule has 9 heteroatoms. The number of carbonyl (C=O) groups is 1. The number of nitrogens with one attached hydrogen (secondary N) is 1. The Morgan fingerprint density at radius 3 is 2.81 bits per heavy atom. The number of amides is 1. The molecule has 184 valence electrons. The maximum absolute atomic E-state index is 13.9. The van der Waals surface area contributed by atoms with Crippen molar-refractivity contribution in [2.24, 2.45) is 7.05 Å². The van der Waals surface area contributed by atoms with Crippen molar-refractivity contribution in [1.82, 2.24) is 34.3 Å². The van der Waals surface area contributed by atoms with Crippen LogP contribution in [0.5, 0.6) is 0 Å². The van der Waals surface area contributed by atoms with Crippen LogP contribution in [0.2, 0.25) is 0 Å². The van der Waals surface area contributed by atoms with Gasteiger partial charge in [0.25, 0.3) is 11.5 Å². The zero-order valence-corrected chi connectivity index (χ0v) is 20.8. The Hall–Kier alpha value is -4.71. The average Bonchev–Trinajstić information content (AvgIpc) is 3.53. The number of aryl methyl sites for hydroxylation is 2. The van der Waals surface area contributed by atoms with Crippen molar-refractivity contribution in [2.45, 2.75) is 38.8 Å². The van der Waals surface area contributed by atoms with Crippen LogP contribution in [0.3, 0.4) is 0 Å². The zero-order chi connectivity index (χ0) is 25.7. The number of nitrogens with zero attached hydrogens (tertiary/aromatic N) is 6. The zero-order valence-electron chi connectivity index (χ0n) is 20.8. The molecule has 0 saturated heterocycles. The first-order chi connectivity index (χ1) is 17.9. The molecule has 9 nitrogen and oxygen atoms in total. The molecule has 4 aromatic heterocycles. The Morgan fingerprint density at radius 2 is 2.05 bits per heavy atom. The number of aromatic nitrogens is 6. The second kappa shape index (κ2) is 8.75. The topological polar surface area (TPSA) is 99.1 Å². The van der Waals surface area contributed by atoms with Crippen molar-refractivity contribution in [3.63, 3.8) is 0 Å². The van der Waals surface area contributed by atoms with Crippen LogP contribution >= 0.6 is 0 Å². The molecule has 6 rings (SSSR count). The van der Waals surface area contributed by atoms with Crippen molar-refractivity contribution in [3.05, 3.63) is 93.6 Å². The van der Waals surface area contributed by atoms with Crippen LogP contribution in [0.15, 0.2) is 59.9 Å². The first kappa shape index (κ1) is 22.7. The Bertz CT molecular complexity index is 1810. The molecule has 0 aliphatic heterocycles. The molecule has 37 heavy (non-hydrogen) atoms. The Labute approximate surface area is 212 Å². The van der Waals surface area contributed by atoms with E-state index in [0.29, 0.717) is 27.9 Å². The highest BCUT2D eigenvalue weighted by Gasteiger charge is 2.30. The minimum atomic E-state index is -0.409. The second-order valence-electron chi connectivity index (χ2n) is 9.44. The minimum Gasteiger partial charge on any atom is -0.344 e. The summed E-state index contributed by atoms with van der Waals surface area (Å²) >= 11 is 0. The number of pyridine rings is 1. The molecule has 1 aliphatic rings. The van der Waals surface area contributed by atoms with E-state index in [4.69, 9.17) is 0 Å². The third kappa shape index (κ3) is 4.06. The van der Waals surface area contributed by atoms with E-state index < -0.39 is 6.04 Å². The van der Waals surface area contributed by atoms with Crippen molar-refractivity contribution in [3.8, 4) is 11.8 Å². The third-order valence-corrected chi connectivity index (χ3v) is 6.66. The summed E-state index contributed by atoms with van der Waals surface area (Å²) < 4.78 is 5.13. The van der Waals surface area contributed by atoms with Gasteiger partial charge in [-0.2, -0.15) is 10.2 Å². The van der Waals surface area contributed by atoms with Gasteiger partial charge in [0.15, 0.2) is 5.65 Å². The summed E-state index contributed by atoms with van der Waals surface area (Å²) in [6.07, 6.45) is 8.80.